The third-order valence-corrected chi connectivity index (χ3v) is 14.6. The summed E-state index contributed by atoms with van der Waals surface area (Å²) in [5.41, 5.74) is -2.90. The largest absolute Gasteiger partial charge is 0.508 e. The van der Waals surface area contributed by atoms with Crippen LogP contribution in [0.4, 0.5) is 43.2 Å². The molecule has 2 aromatic carbocycles. The number of halogens is 8. The maximum Gasteiger partial charge on any atom is 0.508 e. The van der Waals surface area contributed by atoms with E-state index in [0.717, 1.165) is 24.6 Å². The van der Waals surface area contributed by atoms with Gasteiger partial charge in [-0.1, -0.05) is 33.4 Å². The van der Waals surface area contributed by atoms with Gasteiger partial charge in [-0.05, 0) is 101 Å². The number of ketones is 2. The first-order chi connectivity index (χ1) is 31.0. The van der Waals surface area contributed by atoms with E-state index >= 15 is 0 Å². The molecule has 0 bridgehead atoms. The summed E-state index contributed by atoms with van der Waals surface area (Å²) in [7, 11) is -4.26. The first-order valence-corrected chi connectivity index (χ1v) is 24.4. The number of nitrogens with one attached hydrogen (secondary N) is 2. The molecule has 2 aromatic heterocycles. The van der Waals surface area contributed by atoms with Gasteiger partial charge >= 0.3 is 30.5 Å². The molecule has 6 rings (SSSR count). The summed E-state index contributed by atoms with van der Waals surface area (Å²) in [4.78, 5) is 37.3. The van der Waals surface area contributed by atoms with E-state index in [1.54, 1.807) is 0 Å². The van der Waals surface area contributed by atoms with Crippen molar-refractivity contribution in [3.05, 3.63) is 68.3 Å². The van der Waals surface area contributed by atoms with Gasteiger partial charge < -0.3 is 28.9 Å². The maximum atomic E-state index is 13.4. The van der Waals surface area contributed by atoms with E-state index in [1.165, 1.54) is 0 Å². The van der Waals surface area contributed by atoms with E-state index in [9.17, 15) is 49.1 Å². The van der Waals surface area contributed by atoms with Crippen molar-refractivity contribution in [2.75, 3.05) is 23.1 Å². The molecule has 2 aliphatic rings. The lowest BCUT2D eigenvalue weighted by atomic mass is 9.83. The molecule has 0 radical (unpaired) electrons. The summed E-state index contributed by atoms with van der Waals surface area (Å²) in [6.07, 6.45) is -4.78. The number of aromatic nitrogens is 4. The lowest BCUT2D eigenvalue weighted by Gasteiger charge is -2.33. The molecule has 2 fully saturated rings. The van der Waals surface area contributed by atoms with E-state index < -0.39 is 95.5 Å². The number of hydrogen-bond acceptors (Lipinski definition) is 15. The van der Waals surface area contributed by atoms with E-state index in [0.29, 0.717) is 63.5 Å². The molecule has 4 aromatic rings. The minimum Gasteiger partial charge on any atom is -0.431 e. The lowest BCUT2D eigenvalue weighted by molar-refractivity contribution is -0.140. The average molecular weight is 1010 g/mol. The second kappa shape index (κ2) is 21.1. The van der Waals surface area contributed by atoms with Crippen LogP contribution in [0.5, 0.6) is 0 Å². The Hall–Kier alpha value is -4.61. The Kier molecular flexibility index (Phi) is 16.3. The van der Waals surface area contributed by atoms with Crippen LogP contribution in [-0.4, -0.2) is 83.3 Å². The zero-order chi connectivity index (χ0) is 48.2. The van der Waals surface area contributed by atoms with Crippen molar-refractivity contribution < 1.29 is 67.5 Å². The molecule has 2 heterocycles. The molecule has 2 saturated carbocycles. The number of hydrogen-bond donors (Lipinski definition) is 2. The van der Waals surface area contributed by atoms with Crippen molar-refractivity contribution in [1.29, 1.82) is 0 Å². The van der Waals surface area contributed by atoms with Crippen molar-refractivity contribution in [2.24, 2.45) is 11.8 Å². The van der Waals surface area contributed by atoms with E-state index in [4.69, 9.17) is 41.5 Å². The number of carbonyl (C=O) groups excluding carboxylic acids is 3. The molecule has 0 aliphatic heterocycles. The standard InChI is InChI=1S/C41H44Cl2F6N6O9S2/c1-19(50-37-54-52-31(63-37)17-29(56)25-13-15-27(40(44,45)46)35(33(25)42)65(3)59)21-5-9-23(10-6-21)61-39(58)62-24-11-7-22(8-12-24)20(2)51-38-55-53-32(64-38)18-30(57)26-14-16-28(41(47,48)49)36(34(26)43)66(4)60/h13-16,19-24H,5-12,17-18H2,1-4H3,(H,50,54)(H,51,55). The summed E-state index contributed by atoms with van der Waals surface area (Å²) >= 11 is 12.3. The van der Waals surface area contributed by atoms with Crippen molar-refractivity contribution >= 4 is 74.6 Å². The van der Waals surface area contributed by atoms with Crippen LogP contribution in [0.2, 0.25) is 10.0 Å². The van der Waals surface area contributed by atoms with E-state index in [2.05, 4.69) is 31.0 Å². The molecule has 360 valence electrons. The molecule has 4 unspecified atom stereocenters. The van der Waals surface area contributed by atoms with Gasteiger partial charge in [0.15, 0.2) is 11.6 Å². The van der Waals surface area contributed by atoms with Crippen molar-refractivity contribution in [3.63, 3.8) is 0 Å². The first-order valence-electron chi connectivity index (χ1n) is 20.6. The van der Waals surface area contributed by atoms with Gasteiger partial charge in [0.2, 0.25) is 11.8 Å². The van der Waals surface area contributed by atoms with Crippen molar-refractivity contribution in [3.8, 4) is 0 Å². The minimum absolute atomic E-state index is 0.0357. The zero-order valence-corrected chi connectivity index (χ0v) is 38.8. The SMILES string of the molecule is CC(Nc1nnc(CC(=O)c2ccc(C(F)(F)F)c(S(C)=O)c2Cl)o1)C1CCC(OC(=O)OC2CCC(C(C)Nc3nnc(CC(=O)c4ccc(C(F)(F)F)c(S(C)=O)c4Cl)o3)CC2)CC1. The van der Waals surface area contributed by atoms with E-state index in [1.807, 2.05) is 13.8 Å². The average Bonchev–Trinajstić information content (AvgIpc) is 3.87. The predicted octanol–water partition coefficient (Wildman–Crippen LogP) is 9.69. The molecule has 0 spiro atoms. The molecule has 0 amide bonds. The summed E-state index contributed by atoms with van der Waals surface area (Å²) in [6.45, 7) is 3.83. The van der Waals surface area contributed by atoms with Gasteiger partial charge in [-0.15, -0.1) is 10.2 Å². The molecule has 15 nitrogen and oxygen atoms in total. The minimum atomic E-state index is -4.82. The second-order valence-corrected chi connectivity index (χ2v) is 19.5. The number of nitrogens with zero attached hydrogens (tertiary/aromatic N) is 4. The molecular weight excluding hydrogens is 970 g/mol. The van der Waals surface area contributed by atoms with Crippen LogP contribution in [-0.2, 0) is 56.3 Å². The molecular formula is C41H44Cl2F6N6O9S2. The molecule has 4 atom stereocenters. The smallest absolute Gasteiger partial charge is 0.431 e. The normalized spacial score (nSPS) is 21.0. The van der Waals surface area contributed by atoms with E-state index in [-0.39, 0.29) is 71.1 Å². The third kappa shape index (κ3) is 12.5. The molecule has 66 heavy (non-hydrogen) atoms. The van der Waals surface area contributed by atoms with Crippen molar-refractivity contribution in [1.82, 2.24) is 20.4 Å². The van der Waals surface area contributed by atoms with Crippen LogP contribution in [0.15, 0.2) is 42.9 Å². The number of ether oxygens (including phenoxy) is 2. The first kappa shape index (κ1) is 50.8. The highest BCUT2D eigenvalue weighted by Gasteiger charge is 2.39. The van der Waals surface area contributed by atoms with Crippen LogP contribution < -0.4 is 10.6 Å². The highest BCUT2D eigenvalue weighted by Crippen LogP contribution is 2.40. The van der Waals surface area contributed by atoms with Gasteiger partial charge in [0.05, 0.1) is 65.4 Å². The highest BCUT2D eigenvalue weighted by atomic mass is 35.5. The Bertz CT molecular complexity index is 2310. The van der Waals surface area contributed by atoms with Crippen LogP contribution in [0.25, 0.3) is 0 Å². The van der Waals surface area contributed by atoms with Gasteiger partial charge in [-0.25, -0.2) is 4.79 Å². The Morgan fingerprint density at radius 3 is 1.32 bits per heavy atom. The number of rotatable bonds is 16. The molecule has 2 N–H and O–H groups in total. The van der Waals surface area contributed by atoms with Crippen LogP contribution >= 0.6 is 23.2 Å². The van der Waals surface area contributed by atoms with Gasteiger partial charge in [0, 0.05) is 35.7 Å². The van der Waals surface area contributed by atoms with Gasteiger partial charge in [0.1, 0.15) is 12.2 Å². The fourth-order valence-corrected chi connectivity index (χ4v) is 11.0. The van der Waals surface area contributed by atoms with Gasteiger partial charge in [0.25, 0.3) is 0 Å². The highest BCUT2D eigenvalue weighted by molar-refractivity contribution is 7.84. The van der Waals surface area contributed by atoms with Gasteiger partial charge in [-0.3, -0.25) is 18.0 Å². The van der Waals surface area contributed by atoms with Crippen LogP contribution in [0.1, 0.15) is 109 Å². The summed E-state index contributed by atoms with van der Waals surface area (Å²) < 4.78 is 127. The zero-order valence-electron chi connectivity index (χ0n) is 35.6. The predicted molar refractivity (Wildman–Crippen MR) is 227 cm³/mol. The quantitative estimate of drug-likeness (QED) is 0.0609. The number of alkyl halides is 6. The summed E-state index contributed by atoms with van der Waals surface area (Å²) in [5.74, 6) is -1.33. The monoisotopic (exact) mass is 1010 g/mol. The number of benzene rings is 2. The van der Waals surface area contributed by atoms with Crippen LogP contribution in [0.3, 0.4) is 0 Å². The Morgan fingerprint density at radius 2 is 1.00 bits per heavy atom. The maximum absolute atomic E-state index is 13.4. The fourth-order valence-electron chi connectivity index (χ4n) is 8.12. The number of Topliss-reactive ketones (excluding diaryl/α,β-unsaturated/α-hetero) is 2. The lowest BCUT2D eigenvalue weighted by Crippen LogP contribution is -2.35. The Morgan fingerprint density at radius 1 is 0.652 bits per heavy atom. The van der Waals surface area contributed by atoms with Crippen molar-refractivity contribution in [2.45, 2.75) is 124 Å². The number of carbonyl (C=O) groups is 3. The van der Waals surface area contributed by atoms with Gasteiger partial charge in [-0.2, -0.15) is 26.3 Å². The molecule has 0 saturated heterocycles. The summed E-state index contributed by atoms with van der Waals surface area (Å²) in [6, 6.07) is 2.94. The molecule has 2 aliphatic carbocycles. The third-order valence-electron chi connectivity index (χ3n) is 11.6. The second-order valence-electron chi connectivity index (χ2n) is 16.1. The van der Waals surface area contributed by atoms with Crippen LogP contribution in [0, 0.1) is 11.8 Å². The Balaban J connectivity index is 0.894. The number of anilines is 2. The molecule has 25 heteroatoms. The topological polar surface area (TPSA) is 206 Å². The fraction of sp³-hybridized carbons (Fsp3) is 0.537. The Labute approximate surface area is 388 Å². The summed E-state index contributed by atoms with van der Waals surface area (Å²) in [5, 5.41) is 20.7.